The van der Waals surface area contributed by atoms with Crippen LogP contribution in [-0.2, 0) is 29.0 Å². The summed E-state index contributed by atoms with van der Waals surface area (Å²) >= 11 is 1.43. The van der Waals surface area contributed by atoms with E-state index >= 15 is 0 Å². The summed E-state index contributed by atoms with van der Waals surface area (Å²) in [7, 11) is -1.90. The lowest BCUT2D eigenvalue weighted by molar-refractivity contribution is -0.200. The normalized spacial score (nSPS) is 25.2. The van der Waals surface area contributed by atoms with E-state index in [0.717, 1.165) is 35.5 Å². The molecule has 1 N–H and O–H groups in total. The first kappa shape index (κ1) is 23.2. The van der Waals surface area contributed by atoms with Crippen LogP contribution in [0.3, 0.4) is 0 Å². The highest BCUT2D eigenvalue weighted by atomic mass is 32.2. The van der Waals surface area contributed by atoms with Crippen LogP contribution < -0.4 is 10.2 Å². The number of hydroxylamine groups is 1. The third-order valence-electron chi connectivity index (χ3n) is 6.16. The summed E-state index contributed by atoms with van der Waals surface area (Å²) in [4.78, 5) is 19.9. The zero-order valence-corrected chi connectivity index (χ0v) is 19.8. The second-order valence-electron chi connectivity index (χ2n) is 8.28. The average Bonchev–Trinajstić information content (AvgIpc) is 3.30. The molecule has 0 bridgehead atoms. The van der Waals surface area contributed by atoms with Crippen molar-refractivity contribution in [2.24, 2.45) is 0 Å². The Morgan fingerprint density at radius 3 is 2.66 bits per heavy atom. The third-order valence-corrected chi connectivity index (χ3v) is 10.2. The number of carbonyl (C=O) groups is 1. The van der Waals surface area contributed by atoms with Gasteiger partial charge in [-0.15, -0.1) is 11.3 Å². The minimum atomic E-state index is -3.51. The van der Waals surface area contributed by atoms with Crippen LogP contribution >= 0.6 is 11.3 Å². The number of thiophene rings is 1. The molecule has 2 fully saturated rings. The Kier molecular flexibility index (Phi) is 7.19. The zero-order chi connectivity index (χ0) is 22.6. The summed E-state index contributed by atoms with van der Waals surface area (Å²) in [5.74, 6) is 0.405. The summed E-state index contributed by atoms with van der Waals surface area (Å²) in [6.07, 6.45) is 3.82. The molecule has 2 atom stereocenters. The molecule has 1 aromatic heterocycles. The molecule has 2 aliphatic rings. The van der Waals surface area contributed by atoms with Crippen molar-refractivity contribution in [3.63, 3.8) is 0 Å². The van der Waals surface area contributed by atoms with E-state index in [1.807, 2.05) is 36.4 Å². The number of hydrogen-bond acceptors (Lipinski definition) is 7. The highest BCUT2D eigenvalue weighted by Gasteiger charge is 2.49. The fraction of sp³-hybridized carbons (Fsp3) is 0.522. The number of benzene rings is 1. The van der Waals surface area contributed by atoms with Crippen molar-refractivity contribution in [1.82, 2.24) is 5.48 Å². The van der Waals surface area contributed by atoms with Crippen LogP contribution in [0.15, 0.2) is 36.4 Å². The number of carbonyl (C=O) groups excluding carboxylic acids is 1. The number of rotatable bonds is 7. The molecule has 3 heterocycles. The van der Waals surface area contributed by atoms with Gasteiger partial charge in [-0.3, -0.25) is 4.79 Å². The predicted molar refractivity (Wildman–Crippen MR) is 123 cm³/mol. The minimum absolute atomic E-state index is 0.0860. The molecule has 0 saturated carbocycles. The topological polar surface area (TPSA) is 90.9 Å². The molecular formula is C23H29NO6S2. The summed E-state index contributed by atoms with van der Waals surface area (Å²) in [5.41, 5.74) is 3.42. The minimum Gasteiger partial charge on any atom is -0.497 e. The largest absolute Gasteiger partial charge is 0.497 e. The van der Waals surface area contributed by atoms with E-state index in [9.17, 15) is 13.2 Å². The van der Waals surface area contributed by atoms with Gasteiger partial charge >= 0.3 is 0 Å². The lowest BCUT2D eigenvalue weighted by Gasteiger charge is -2.35. The van der Waals surface area contributed by atoms with Crippen LogP contribution in [0, 0.1) is 0 Å². The Bertz CT molecular complexity index is 1030. The first-order chi connectivity index (χ1) is 15.4. The summed E-state index contributed by atoms with van der Waals surface area (Å²) in [5, 5.41) is 0. The molecule has 0 aliphatic carbocycles. The SMILES string of the molecule is COc1ccc(-c2ccc([C@@]3(CC(=O)NOC4CCCCO4)CCCCS3(=O)=O)s2)cc1. The Morgan fingerprint density at radius 2 is 1.97 bits per heavy atom. The van der Waals surface area contributed by atoms with Crippen LogP contribution in [0.5, 0.6) is 5.75 Å². The van der Waals surface area contributed by atoms with E-state index in [0.29, 0.717) is 30.7 Å². The van der Waals surface area contributed by atoms with Crippen molar-refractivity contribution in [3.05, 3.63) is 41.3 Å². The van der Waals surface area contributed by atoms with E-state index in [4.69, 9.17) is 14.3 Å². The molecule has 0 spiro atoms. The van der Waals surface area contributed by atoms with Gasteiger partial charge in [-0.1, -0.05) is 6.42 Å². The number of ether oxygens (including phenoxy) is 2. The molecule has 174 valence electrons. The second kappa shape index (κ2) is 9.91. The van der Waals surface area contributed by atoms with Crippen molar-refractivity contribution in [3.8, 4) is 16.2 Å². The Morgan fingerprint density at radius 1 is 1.16 bits per heavy atom. The van der Waals surface area contributed by atoms with Gasteiger partial charge in [-0.05, 0) is 67.6 Å². The fourth-order valence-electron chi connectivity index (χ4n) is 4.34. The van der Waals surface area contributed by atoms with Gasteiger partial charge in [0.25, 0.3) is 0 Å². The number of nitrogens with one attached hydrogen (secondary N) is 1. The van der Waals surface area contributed by atoms with Crippen LogP contribution in [0.1, 0.15) is 49.8 Å². The van der Waals surface area contributed by atoms with Gasteiger partial charge in [0.05, 0.1) is 19.3 Å². The second-order valence-corrected chi connectivity index (χ2v) is 11.8. The lowest BCUT2D eigenvalue weighted by atomic mass is 9.94. The van der Waals surface area contributed by atoms with Crippen LogP contribution in [0.2, 0.25) is 0 Å². The maximum absolute atomic E-state index is 13.3. The Hall–Kier alpha value is -1.94. The molecule has 7 nitrogen and oxygen atoms in total. The van der Waals surface area contributed by atoms with Crippen molar-refractivity contribution in [1.29, 1.82) is 0 Å². The summed E-state index contributed by atoms with van der Waals surface area (Å²) in [6.45, 7) is 0.599. The fourth-order valence-corrected chi connectivity index (χ4v) is 8.12. The van der Waals surface area contributed by atoms with E-state index < -0.39 is 26.8 Å². The van der Waals surface area contributed by atoms with Crippen LogP contribution in [0.4, 0.5) is 0 Å². The van der Waals surface area contributed by atoms with Gasteiger partial charge in [-0.25, -0.2) is 18.7 Å². The average molecular weight is 480 g/mol. The van der Waals surface area contributed by atoms with Gasteiger partial charge in [0.15, 0.2) is 16.1 Å². The lowest BCUT2D eigenvalue weighted by Crippen LogP contribution is -2.45. The monoisotopic (exact) mass is 479 g/mol. The maximum atomic E-state index is 13.3. The molecule has 1 aromatic carbocycles. The Labute approximate surface area is 192 Å². The van der Waals surface area contributed by atoms with Crippen molar-refractivity contribution in [2.75, 3.05) is 19.5 Å². The molecule has 0 radical (unpaired) electrons. The summed E-state index contributed by atoms with van der Waals surface area (Å²) in [6, 6.07) is 11.4. The van der Waals surface area contributed by atoms with Gasteiger partial charge in [0.2, 0.25) is 5.91 Å². The predicted octanol–water partition coefficient (Wildman–Crippen LogP) is 4.18. The number of hydrogen-bond donors (Lipinski definition) is 1. The van der Waals surface area contributed by atoms with Crippen molar-refractivity contribution in [2.45, 2.75) is 56.0 Å². The standard InChI is InChI=1S/C23H29NO6S2/c1-28-18-9-7-17(8-10-18)19-11-12-20(31-19)23(13-3-5-15-32(23,26)27)16-21(25)24-30-22-6-2-4-14-29-22/h7-12,22H,2-6,13-16H2,1H3,(H,24,25)/t22?,23-/m0/s1. The molecule has 1 amide bonds. The Balaban J connectivity index is 1.56. The first-order valence-electron chi connectivity index (χ1n) is 11.0. The van der Waals surface area contributed by atoms with E-state index in [-0.39, 0.29) is 12.2 Å². The third kappa shape index (κ3) is 4.85. The molecule has 2 saturated heterocycles. The van der Waals surface area contributed by atoms with E-state index in [1.165, 1.54) is 11.3 Å². The number of sulfone groups is 1. The molecular weight excluding hydrogens is 450 g/mol. The van der Waals surface area contributed by atoms with Crippen molar-refractivity contribution < 1.29 is 27.5 Å². The van der Waals surface area contributed by atoms with E-state index in [2.05, 4.69) is 5.48 Å². The van der Waals surface area contributed by atoms with Crippen molar-refractivity contribution >= 4 is 27.1 Å². The molecule has 2 aliphatic heterocycles. The highest BCUT2D eigenvalue weighted by Crippen LogP contribution is 2.47. The number of methoxy groups -OCH3 is 1. The van der Waals surface area contributed by atoms with Crippen LogP contribution in [-0.4, -0.2) is 40.1 Å². The molecule has 32 heavy (non-hydrogen) atoms. The van der Waals surface area contributed by atoms with Crippen LogP contribution in [0.25, 0.3) is 10.4 Å². The van der Waals surface area contributed by atoms with Gasteiger partial charge in [0, 0.05) is 22.8 Å². The van der Waals surface area contributed by atoms with Gasteiger partial charge < -0.3 is 9.47 Å². The van der Waals surface area contributed by atoms with E-state index in [1.54, 1.807) is 7.11 Å². The highest BCUT2D eigenvalue weighted by molar-refractivity contribution is 7.92. The molecule has 9 heteroatoms. The van der Waals surface area contributed by atoms with Gasteiger partial charge in [-0.2, -0.15) is 0 Å². The first-order valence-corrected chi connectivity index (χ1v) is 13.4. The molecule has 1 unspecified atom stereocenters. The quantitative estimate of drug-likeness (QED) is 0.599. The zero-order valence-electron chi connectivity index (χ0n) is 18.2. The molecule has 2 aromatic rings. The maximum Gasteiger partial charge on any atom is 0.245 e. The molecule has 4 rings (SSSR count). The number of amides is 1. The summed E-state index contributed by atoms with van der Waals surface area (Å²) < 4.78 is 36.1. The van der Waals surface area contributed by atoms with Gasteiger partial charge in [0.1, 0.15) is 10.5 Å². The smallest absolute Gasteiger partial charge is 0.245 e.